The maximum Gasteiger partial charge on any atom is 0.319 e. The van der Waals surface area contributed by atoms with Gasteiger partial charge in [-0.15, -0.1) is 0 Å². The lowest BCUT2D eigenvalue weighted by Crippen LogP contribution is -2.49. The largest absolute Gasteiger partial charge is 0.334 e. The number of para-hydroxylation sites is 2. The van der Waals surface area contributed by atoms with Crippen molar-refractivity contribution >= 4 is 57.8 Å². The monoisotopic (exact) mass is 860 g/mol. The highest BCUT2D eigenvalue weighted by atomic mass is 16.2. The number of amides is 8. The summed E-state index contributed by atoms with van der Waals surface area (Å²) in [5.74, 6) is 1.77. The van der Waals surface area contributed by atoms with Crippen LogP contribution in [0.25, 0.3) is 22.3 Å². The van der Waals surface area contributed by atoms with E-state index in [4.69, 9.17) is 0 Å². The van der Waals surface area contributed by atoms with Gasteiger partial charge in [0.15, 0.2) is 0 Å². The van der Waals surface area contributed by atoms with E-state index in [1.807, 2.05) is 61.5 Å². The highest BCUT2D eigenvalue weighted by molar-refractivity contribution is 5.99. The highest BCUT2D eigenvalue weighted by Gasteiger charge is 2.38. The van der Waals surface area contributed by atoms with Crippen molar-refractivity contribution in [3.05, 3.63) is 129 Å². The minimum Gasteiger partial charge on any atom is -0.334 e. The molecule has 6 aliphatic rings. The minimum absolute atomic E-state index is 0.183. The fraction of sp³-hybridized carbons (Fsp3) is 0.385. The maximum atomic E-state index is 13.9. The molecule has 6 unspecified atom stereocenters. The smallest absolute Gasteiger partial charge is 0.319 e. The number of fused-ring (bicyclic) bond motifs is 8. The van der Waals surface area contributed by atoms with Gasteiger partial charge in [0.1, 0.15) is 0 Å². The van der Waals surface area contributed by atoms with Crippen molar-refractivity contribution in [3.8, 4) is 0 Å². The molecule has 4 bridgehead atoms. The molecular formula is C52H60N8O4. The molecule has 12 nitrogen and oxygen atoms in total. The molecule has 1 aliphatic heterocycles. The number of carbonyl (C=O) groups is 4. The van der Waals surface area contributed by atoms with E-state index in [0.717, 1.165) is 65.0 Å². The summed E-state index contributed by atoms with van der Waals surface area (Å²) in [7, 11) is 0. The van der Waals surface area contributed by atoms with Crippen molar-refractivity contribution in [2.24, 2.45) is 35.5 Å². The Morgan fingerprint density at radius 2 is 0.812 bits per heavy atom. The average Bonchev–Trinajstić information content (AvgIpc) is 3.45. The number of hydrogen-bond acceptors (Lipinski definition) is 4. The zero-order valence-corrected chi connectivity index (χ0v) is 37.0. The van der Waals surface area contributed by atoms with Gasteiger partial charge in [0.25, 0.3) is 0 Å². The van der Waals surface area contributed by atoms with Gasteiger partial charge >= 0.3 is 24.1 Å². The van der Waals surface area contributed by atoms with Crippen LogP contribution in [0.5, 0.6) is 0 Å². The predicted octanol–water partition coefficient (Wildman–Crippen LogP) is 5.79. The van der Waals surface area contributed by atoms with Gasteiger partial charge in [-0.05, 0) is 136 Å². The van der Waals surface area contributed by atoms with Crippen molar-refractivity contribution in [3.63, 3.8) is 0 Å². The Bertz CT molecular complexity index is 2740. The SMILES string of the molecule is CC1=CC=C2NC(=O)NCC3=c4ccccc4=C(CNC(=O)Nc4ccccc4NC(=O)NCC4=c5ccccc5=C(CNC(=O)NC2=CC1)C1CC(C)CCC41)C1CCC(C)CC31. The third-order valence-corrected chi connectivity index (χ3v) is 14.4. The number of allylic oxidation sites excluding steroid dienone is 4. The summed E-state index contributed by atoms with van der Waals surface area (Å²) in [4.78, 5) is 55.2. The van der Waals surface area contributed by atoms with Gasteiger partial charge in [-0.25, -0.2) is 19.2 Å². The Morgan fingerprint density at radius 1 is 0.438 bits per heavy atom. The first-order valence-electron chi connectivity index (χ1n) is 23.1. The first-order valence-corrected chi connectivity index (χ1v) is 23.1. The lowest BCUT2D eigenvalue weighted by molar-refractivity contribution is 0.240. The molecule has 5 aliphatic carbocycles. The third kappa shape index (κ3) is 9.09. The first-order chi connectivity index (χ1) is 31.1. The first kappa shape index (κ1) is 42.7. The van der Waals surface area contributed by atoms with E-state index < -0.39 is 0 Å². The predicted molar refractivity (Wildman–Crippen MR) is 253 cm³/mol. The number of hydrogen-bond donors (Lipinski definition) is 8. The fourth-order valence-corrected chi connectivity index (χ4v) is 11.2. The van der Waals surface area contributed by atoms with Crippen molar-refractivity contribution in [1.82, 2.24) is 31.9 Å². The molecule has 2 fully saturated rings. The van der Waals surface area contributed by atoms with E-state index in [0.29, 0.717) is 67.2 Å². The molecule has 64 heavy (non-hydrogen) atoms. The van der Waals surface area contributed by atoms with E-state index in [9.17, 15) is 19.2 Å². The molecule has 0 spiro atoms. The molecule has 6 atom stereocenters. The number of anilines is 2. The molecule has 0 saturated heterocycles. The zero-order valence-electron chi connectivity index (χ0n) is 37.0. The van der Waals surface area contributed by atoms with Gasteiger partial charge in [0.05, 0.1) is 22.8 Å². The van der Waals surface area contributed by atoms with Gasteiger partial charge in [-0.2, -0.15) is 0 Å². The third-order valence-electron chi connectivity index (χ3n) is 14.4. The molecule has 9 rings (SSSR count). The lowest BCUT2D eigenvalue weighted by atomic mass is 9.65. The van der Waals surface area contributed by atoms with Crippen LogP contribution in [-0.2, 0) is 0 Å². The van der Waals surface area contributed by atoms with Crippen LogP contribution in [0.1, 0.15) is 65.7 Å². The normalized spacial score (nSPS) is 26.6. The Hall–Kier alpha value is -6.56. The summed E-state index contributed by atoms with van der Waals surface area (Å²) >= 11 is 0. The van der Waals surface area contributed by atoms with Crippen LogP contribution in [0.2, 0.25) is 0 Å². The summed E-state index contributed by atoms with van der Waals surface area (Å²) in [6.45, 7) is 8.02. The van der Waals surface area contributed by atoms with Crippen LogP contribution in [0.4, 0.5) is 30.6 Å². The molecule has 8 amide bonds. The Kier molecular flexibility index (Phi) is 12.5. The van der Waals surface area contributed by atoms with Crippen LogP contribution in [0.15, 0.2) is 108 Å². The quantitative estimate of drug-likeness (QED) is 0.144. The van der Waals surface area contributed by atoms with Crippen LogP contribution in [0.3, 0.4) is 0 Å². The van der Waals surface area contributed by atoms with Gasteiger partial charge < -0.3 is 42.5 Å². The molecule has 0 radical (unpaired) electrons. The molecule has 0 aromatic heterocycles. The van der Waals surface area contributed by atoms with Gasteiger partial charge in [-0.3, -0.25) is 0 Å². The van der Waals surface area contributed by atoms with E-state index in [1.165, 1.54) is 22.3 Å². The summed E-state index contributed by atoms with van der Waals surface area (Å²) in [6, 6.07) is 22.4. The van der Waals surface area contributed by atoms with Crippen molar-refractivity contribution in [1.29, 1.82) is 0 Å². The average molecular weight is 861 g/mol. The zero-order chi connectivity index (χ0) is 44.3. The summed E-state index contributed by atoms with van der Waals surface area (Å²) < 4.78 is 0. The molecule has 2 saturated carbocycles. The number of rotatable bonds is 0. The van der Waals surface area contributed by atoms with Crippen LogP contribution in [0, 0.1) is 35.5 Å². The fourth-order valence-electron chi connectivity index (χ4n) is 11.2. The van der Waals surface area contributed by atoms with Crippen LogP contribution in [-0.4, -0.2) is 50.3 Å². The lowest BCUT2D eigenvalue weighted by Gasteiger charge is -2.40. The van der Waals surface area contributed by atoms with Crippen molar-refractivity contribution in [2.75, 3.05) is 36.8 Å². The molecule has 3 aromatic carbocycles. The molecule has 3 aromatic rings. The van der Waals surface area contributed by atoms with E-state index in [2.05, 4.69) is 80.6 Å². The number of carbonyl (C=O) groups excluding carboxylic acids is 4. The van der Waals surface area contributed by atoms with Gasteiger partial charge in [-0.1, -0.05) is 105 Å². The minimum atomic E-state index is -0.363. The Balaban J connectivity index is 1.07. The molecule has 332 valence electrons. The van der Waals surface area contributed by atoms with Crippen LogP contribution >= 0.6 is 0 Å². The number of urea groups is 4. The standard InChI is InChI=1S/C52H60N8O4/c1-30-18-22-47-48(23-19-30)60-52(64)56-29-44-36-13-7-5-11-34(36)42(38-21-17-32(3)25-40(38)44)27-54-50(62)58-46-15-9-8-14-45(46)57-49(61)53-26-41-33-10-4-6-12-35(33)43(28-55-51(63)59-47)39-24-31(2)16-20-37(39)41/h4-15,18,22-23,31-32,37-40H,16-17,19-21,24-29H2,1-3H3,(H2,53,57,61)(H2,54,58,62)(H2,55,59,63)(H2,56,60,64). The van der Waals surface area contributed by atoms with Crippen molar-refractivity contribution < 1.29 is 19.2 Å². The maximum absolute atomic E-state index is 13.9. The highest BCUT2D eigenvalue weighted by Crippen LogP contribution is 2.44. The number of nitrogens with one attached hydrogen (secondary N) is 8. The molecule has 12 heteroatoms. The second kappa shape index (κ2) is 18.7. The van der Waals surface area contributed by atoms with E-state index in [-0.39, 0.29) is 47.8 Å². The summed E-state index contributed by atoms with van der Waals surface area (Å²) in [5.41, 5.74) is 7.84. The van der Waals surface area contributed by atoms with E-state index in [1.54, 1.807) is 12.1 Å². The second-order valence-electron chi connectivity index (χ2n) is 18.6. The molecular weight excluding hydrogens is 801 g/mol. The molecule has 8 N–H and O–H groups in total. The summed E-state index contributed by atoms with van der Waals surface area (Å²) in [5, 5.41) is 29.2. The van der Waals surface area contributed by atoms with Gasteiger partial charge in [0.2, 0.25) is 0 Å². The van der Waals surface area contributed by atoms with Crippen LogP contribution < -0.4 is 63.4 Å². The van der Waals surface area contributed by atoms with Gasteiger partial charge in [0, 0.05) is 26.2 Å². The Labute approximate surface area is 374 Å². The Morgan fingerprint density at radius 3 is 1.25 bits per heavy atom. The summed E-state index contributed by atoms with van der Waals surface area (Å²) in [6.07, 6.45) is 12.4. The number of benzene rings is 3. The van der Waals surface area contributed by atoms with Crippen molar-refractivity contribution in [2.45, 2.75) is 65.7 Å². The second-order valence-corrected chi connectivity index (χ2v) is 18.6. The molecule has 1 heterocycles. The topological polar surface area (TPSA) is 165 Å². The van der Waals surface area contributed by atoms with E-state index >= 15 is 0 Å².